The van der Waals surface area contributed by atoms with E-state index in [1.165, 1.54) is 23.1 Å². The Hall–Kier alpha value is -2.06. The summed E-state index contributed by atoms with van der Waals surface area (Å²) in [6.07, 6.45) is 10.6. The van der Waals surface area contributed by atoms with Gasteiger partial charge in [-0.1, -0.05) is 55.0 Å². The maximum absolute atomic E-state index is 11.8. The quantitative estimate of drug-likeness (QED) is 0.662. The van der Waals surface area contributed by atoms with Gasteiger partial charge in [-0.15, -0.1) is 0 Å². The van der Waals surface area contributed by atoms with Crippen molar-refractivity contribution in [2.24, 2.45) is 17.3 Å². The van der Waals surface area contributed by atoms with Crippen molar-refractivity contribution in [2.45, 2.75) is 63.9 Å². The van der Waals surface area contributed by atoms with E-state index >= 15 is 0 Å². The van der Waals surface area contributed by atoms with Crippen LogP contribution in [0.4, 0.5) is 0 Å². The number of rotatable bonds is 2. The first-order chi connectivity index (χ1) is 13.9. The molecule has 0 bridgehead atoms. The molecule has 3 unspecified atom stereocenters. The van der Waals surface area contributed by atoms with Crippen LogP contribution in [0.25, 0.3) is 6.08 Å². The Bertz CT molecular complexity index is 944. The number of fused-ring (bicyclic) bond motifs is 5. The van der Waals surface area contributed by atoms with Gasteiger partial charge in [0.25, 0.3) is 0 Å². The molecule has 2 nitrogen and oxygen atoms in total. The molecule has 0 heterocycles. The predicted octanol–water partition coefficient (Wildman–Crippen LogP) is 6.00. The van der Waals surface area contributed by atoms with E-state index in [-0.39, 0.29) is 5.41 Å². The molecule has 0 saturated heterocycles. The number of aryl methyl sites for hydroxylation is 2. The average Bonchev–Trinajstić information content (AvgIpc) is 2.98. The van der Waals surface area contributed by atoms with Gasteiger partial charge in [0, 0.05) is 5.41 Å². The molecule has 0 amide bonds. The van der Waals surface area contributed by atoms with Gasteiger partial charge in [-0.3, -0.25) is 0 Å². The van der Waals surface area contributed by atoms with Crippen LogP contribution in [0.1, 0.15) is 67.2 Å². The predicted molar refractivity (Wildman–Crippen MR) is 118 cm³/mol. The number of phenols is 1. The fraction of sp³-hybridized carbons (Fsp3) is 0.481. The van der Waals surface area contributed by atoms with Crippen molar-refractivity contribution < 1.29 is 10.2 Å². The summed E-state index contributed by atoms with van der Waals surface area (Å²) < 4.78 is 0. The number of phenolic OH excluding ortho intramolecular Hbond substituents is 1. The molecule has 0 radical (unpaired) electrons. The van der Waals surface area contributed by atoms with Gasteiger partial charge in [0.15, 0.2) is 0 Å². The van der Waals surface area contributed by atoms with Crippen LogP contribution in [0.2, 0.25) is 0 Å². The fourth-order valence-corrected chi connectivity index (χ4v) is 6.81. The Morgan fingerprint density at radius 2 is 1.79 bits per heavy atom. The Morgan fingerprint density at radius 1 is 1.00 bits per heavy atom. The van der Waals surface area contributed by atoms with Crippen molar-refractivity contribution in [3.63, 3.8) is 0 Å². The van der Waals surface area contributed by atoms with E-state index in [1.54, 1.807) is 0 Å². The molecule has 2 fully saturated rings. The highest BCUT2D eigenvalue weighted by atomic mass is 16.3. The summed E-state index contributed by atoms with van der Waals surface area (Å²) in [6, 6.07) is 14.5. The highest BCUT2D eigenvalue weighted by molar-refractivity contribution is 5.52. The lowest BCUT2D eigenvalue weighted by Crippen LogP contribution is -2.49. The zero-order valence-electron chi connectivity index (χ0n) is 17.6. The summed E-state index contributed by atoms with van der Waals surface area (Å²) in [5.41, 5.74) is 4.44. The van der Waals surface area contributed by atoms with Gasteiger partial charge < -0.3 is 10.2 Å². The third-order valence-electron chi connectivity index (χ3n) is 8.55. The van der Waals surface area contributed by atoms with Crippen molar-refractivity contribution in [1.82, 2.24) is 0 Å². The SMILES string of the molecule is Cc1ccc(/C=C/[C@]2(O)CCC3C4CCc5cc(O)ccc5C4CC[C@@]32C)cc1. The molecular weight excluding hydrogens is 356 g/mol. The van der Waals surface area contributed by atoms with Crippen LogP contribution in [0, 0.1) is 24.2 Å². The Balaban J connectivity index is 1.42. The molecule has 152 valence electrons. The maximum Gasteiger partial charge on any atom is 0.115 e. The number of hydrogen-bond donors (Lipinski definition) is 2. The summed E-state index contributed by atoms with van der Waals surface area (Å²) in [6.45, 7) is 4.44. The molecule has 29 heavy (non-hydrogen) atoms. The lowest BCUT2D eigenvalue weighted by molar-refractivity contribution is -0.0705. The smallest absolute Gasteiger partial charge is 0.115 e. The monoisotopic (exact) mass is 388 g/mol. The van der Waals surface area contributed by atoms with Crippen LogP contribution in [-0.2, 0) is 6.42 Å². The molecular formula is C27H32O2. The van der Waals surface area contributed by atoms with Crippen molar-refractivity contribution in [2.75, 3.05) is 0 Å². The van der Waals surface area contributed by atoms with Crippen LogP contribution in [0.3, 0.4) is 0 Å². The van der Waals surface area contributed by atoms with Crippen molar-refractivity contribution in [3.8, 4) is 5.75 Å². The van der Waals surface area contributed by atoms with Gasteiger partial charge in [-0.2, -0.15) is 0 Å². The minimum atomic E-state index is -0.719. The lowest BCUT2D eigenvalue weighted by atomic mass is 9.53. The summed E-state index contributed by atoms with van der Waals surface area (Å²) in [5.74, 6) is 2.18. The van der Waals surface area contributed by atoms with Gasteiger partial charge in [-0.25, -0.2) is 0 Å². The molecule has 3 aliphatic rings. The summed E-state index contributed by atoms with van der Waals surface area (Å²) in [4.78, 5) is 0. The number of benzene rings is 2. The van der Waals surface area contributed by atoms with Crippen LogP contribution >= 0.6 is 0 Å². The third-order valence-corrected chi connectivity index (χ3v) is 8.55. The highest BCUT2D eigenvalue weighted by Gasteiger charge is 2.60. The topological polar surface area (TPSA) is 40.5 Å². The Kier molecular flexibility index (Phi) is 4.40. The van der Waals surface area contributed by atoms with Gasteiger partial charge in [0.05, 0.1) is 5.60 Å². The van der Waals surface area contributed by atoms with E-state index in [0.29, 0.717) is 23.5 Å². The molecule has 2 N–H and O–H groups in total. The minimum absolute atomic E-state index is 0.0518. The largest absolute Gasteiger partial charge is 0.508 e. The normalized spacial score (nSPS) is 35.9. The molecule has 0 aliphatic heterocycles. The molecule has 0 aromatic heterocycles. The van der Waals surface area contributed by atoms with E-state index in [9.17, 15) is 10.2 Å². The fourth-order valence-electron chi connectivity index (χ4n) is 6.81. The Labute approximate surface area is 174 Å². The standard InChI is InChI=1S/C27H32O2/c1-18-3-5-19(6-4-18)11-15-27(29)16-13-25-24-9-7-20-17-21(28)8-10-22(20)23(24)12-14-26(25,27)2/h3-6,8,10-11,15,17,23-25,28-29H,7,9,12-14,16H2,1-2H3/b15-11+/t23?,24?,25?,26-,27-/m0/s1. The second-order valence-electron chi connectivity index (χ2n) is 9.96. The van der Waals surface area contributed by atoms with Crippen molar-refractivity contribution in [1.29, 1.82) is 0 Å². The molecule has 2 saturated carbocycles. The van der Waals surface area contributed by atoms with Gasteiger partial charge in [-0.05, 0) is 92.0 Å². The molecule has 0 spiro atoms. The van der Waals surface area contributed by atoms with Gasteiger partial charge in [0.1, 0.15) is 5.75 Å². The van der Waals surface area contributed by atoms with Gasteiger partial charge >= 0.3 is 0 Å². The van der Waals surface area contributed by atoms with Crippen LogP contribution in [-0.4, -0.2) is 15.8 Å². The first-order valence-corrected chi connectivity index (χ1v) is 11.2. The molecule has 2 heteroatoms. The van der Waals surface area contributed by atoms with Gasteiger partial charge in [0.2, 0.25) is 0 Å². The third kappa shape index (κ3) is 2.95. The second-order valence-corrected chi connectivity index (χ2v) is 9.96. The lowest BCUT2D eigenvalue weighted by Gasteiger charge is -2.52. The molecule has 2 aromatic carbocycles. The second kappa shape index (κ2) is 6.74. The Morgan fingerprint density at radius 3 is 2.59 bits per heavy atom. The molecule has 3 aliphatic carbocycles. The highest BCUT2D eigenvalue weighted by Crippen LogP contribution is 2.64. The average molecular weight is 389 g/mol. The van der Waals surface area contributed by atoms with Crippen LogP contribution in [0.15, 0.2) is 48.5 Å². The zero-order valence-corrected chi connectivity index (χ0v) is 17.6. The molecule has 5 atom stereocenters. The van der Waals surface area contributed by atoms with E-state index in [0.717, 1.165) is 37.7 Å². The summed E-state index contributed by atoms with van der Waals surface area (Å²) in [7, 11) is 0. The van der Waals surface area contributed by atoms with E-state index in [4.69, 9.17) is 0 Å². The van der Waals surface area contributed by atoms with Crippen LogP contribution < -0.4 is 0 Å². The molecule has 5 rings (SSSR count). The first-order valence-electron chi connectivity index (χ1n) is 11.2. The summed E-state index contributed by atoms with van der Waals surface area (Å²) in [5, 5.41) is 21.6. The van der Waals surface area contributed by atoms with Crippen molar-refractivity contribution >= 4 is 6.08 Å². The molecule has 2 aromatic rings. The van der Waals surface area contributed by atoms with Crippen molar-refractivity contribution in [3.05, 3.63) is 70.8 Å². The van der Waals surface area contributed by atoms with Crippen LogP contribution in [0.5, 0.6) is 5.75 Å². The number of hydrogen-bond acceptors (Lipinski definition) is 2. The van der Waals surface area contributed by atoms with E-state index < -0.39 is 5.60 Å². The van der Waals surface area contributed by atoms with E-state index in [2.05, 4.69) is 56.3 Å². The van der Waals surface area contributed by atoms with E-state index in [1.807, 2.05) is 12.1 Å². The minimum Gasteiger partial charge on any atom is -0.508 e. The summed E-state index contributed by atoms with van der Waals surface area (Å²) >= 11 is 0. The number of aliphatic hydroxyl groups is 1. The zero-order chi connectivity index (χ0) is 20.2. The maximum atomic E-state index is 11.8. The first kappa shape index (κ1) is 18.9. The number of aromatic hydroxyl groups is 1.